The summed E-state index contributed by atoms with van der Waals surface area (Å²) in [4.78, 5) is 8.54. The molecule has 0 unspecified atom stereocenters. The second kappa shape index (κ2) is 9.16. The molecule has 30 heavy (non-hydrogen) atoms. The first-order chi connectivity index (χ1) is 13.7. The summed E-state index contributed by atoms with van der Waals surface area (Å²) in [7, 11) is 1.95. The van der Waals surface area contributed by atoms with Crippen LogP contribution in [-0.4, -0.2) is 18.4 Å². The van der Waals surface area contributed by atoms with Gasteiger partial charge in [0.2, 0.25) is 12.2 Å². The molecule has 5 rings (SSSR count). The largest absolute Gasteiger partial charge is 0.269 e. The summed E-state index contributed by atoms with van der Waals surface area (Å²) in [6.07, 6.45) is 3.34. The van der Waals surface area contributed by atoms with Crippen LogP contribution in [0.25, 0.3) is 44.1 Å². The second-order valence-electron chi connectivity index (χ2n) is 6.97. The molecule has 0 saturated carbocycles. The van der Waals surface area contributed by atoms with Crippen molar-refractivity contribution in [1.29, 1.82) is 0 Å². The van der Waals surface area contributed by atoms with Crippen molar-refractivity contribution in [3.8, 4) is 22.5 Å². The Kier molecular flexibility index (Phi) is 6.80. The fraction of sp³-hybridized carbons (Fsp3) is 0.0800. The summed E-state index contributed by atoms with van der Waals surface area (Å²) < 4.78 is 1.92. The first-order valence-corrected chi connectivity index (χ1v) is 9.24. The van der Waals surface area contributed by atoms with Crippen molar-refractivity contribution in [2.45, 2.75) is 6.92 Å². The molecule has 0 fully saturated rings. The minimum atomic E-state index is 0. The van der Waals surface area contributed by atoms with E-state index in [9.17, 15) is 0 Å². The van der Waals surface area contributed by atoms with Gasteiger partial charge in [-0.1, -0.05) is 47.8 Å². The van der Waals surface area contributed by atoms with Crippen LogP contribution in [0, 0.1) is 19.1 Å². The Morgan fingerprint density at radius 1 is 0.867 bits per heavy atom. The van der Waals surface area contributed by atoms with Crippen molar-refractivity contribution in [3.63, 3.8) is 0 Å². The average Bonchev–Trinajstić information content (AvgIpc) is 2.74. The molecule has 3 nitrogen and oxygen atoms in total. The third kappa shape index (κ3) is 3.82. The van der Waals surface area contributed by atoms with Crippen molar-refractivity contribution in [2.24, 2.45) is 7.05 Å². The molecule has 0 aliphatic rings. The van der Waals surface area contributed by atoms with Gasteiger partial charge in [-0.05, 0) is 10.8 Å². The van der Waals surface area contributed by atoms with Crippen molar-refractivity contribution in [1.82, 2.24) is 9.97 Å². The molecule has 0 saturated heterocycles. The molecule has 0 spiro atoms. The van der Waals surface area contributed by atoms with Crippen molar-refractivity contribution < 1.29 is 37.3 Å². The van der Waals surface area contributed by atoms with Gasteiger partial charge >= 0.3 is 0 Å². The van der Waals surface area contributed by atoms with Crippen LogP contribution in [0.15, 0.2) is 73.3 Å². The third-order valence-electron chi connectivity index (χ3n) is 5.19. The molecule has 5 heteroatoms. The first-order valence-electron chi connectivity index (χ1n) is 9.24. The minimum Gasteiger partial charge on any atom is -0.269 e. The Balaban J connectivity index is 0.00000128. The van der Waals surface area contributed by atoms with E-state index in [1.165, 1.54) is 21.5 Å². The number of hydrogen-bond acceptors (Lipinski definition) is 2. The van der Waals surface area contributed by atoms with E-state index in [4.69, 9.17) is 0 Å². The van der Waals surface area contributed by atoms with Gasteiger partial charge in [-0.2, -0.15) is 29.8 Å². The Morgan fingerprint density at radius 2 is 1.70 bits per heavy atom. The van der Waals surface area contributed by atoms with Gasteiger partial charge in [-0.25, -0.2) is 5.56 Å². The van der Waals surface area contributed by atoms with Crippen LogP contribution in [0.5, 0.6) is 0 Å². The van der Waals surface area contributed by atoms with Gasteiger partial charge in [0, 0.05) is 41.1 Å². The van der Waals surface area contributed by atoms with Gasteiger partial charge in [0.15, 0.2) is 0 Å². The molecule has 0 N–H and O–H groups in total. The van der Waals surface area contributed by atoms with E-state index >= 15 is 0 Å². The predicted octanol–water partition coefficient (Wildman–Crippen LogP) is 4.47. The van der Waals surface area contributed by atoms with Gasteiger partial charge in [0.25, 0.3) is 6.33 Å². The van der Waals surface area contributed by atoms with Crippen LogP contribution >= 0.6 is 0 Å². The Bertz CT molecular complexity index is 1350. The summed E-state index contributed by atoms with van der Waals surface area (Å²) in [5.41, 5.74) is 4.18. The van der Waals surface area contributed by atoms with Crippen molar-refractivity contribution in [3.05, 3.63) is 91.0 Å². The monoisotopic (exact) mass is 460 g/mol. The number of aromatic nitrogens is 3. The molecule has 0 bridgehead atoms. The molecule has 0 atom stereocenters. The van der Waals surface area contributed by atoms with Crippen LogP contribution in [-0.2, 0) is 39.8 Å². The van der Waals surface area contributed by atoms with Crippen molar-refractivity contribution >= 4 is 30.0 Å². The zero-order valence-electron chi connectivity index (χ0n) is 16.9. The molecular weight excluding hydrogens is 442 g/mol. The van der Waals surface area contributed by atoms with Crippen LogP contribution in [0.3, 0.4) is 0 Å². The molecule has 0 aliphatic carbocycles. The van der Waals surface area contributed by atoms with E-state index in [0.29, 0.717) is 0 Å². The maximum Gasteiger partial charge on any atom is 0.255 e. The number of rotatable bonds is 2. The van der Waals surface area contributed by atoms with Gasteiger partial charge in [0.1, 0.15) is 0 Å². The van der Waals surface area contributed by atoms with Crippen molar-refractivity contribution in [2.75, 3.05) is 0 Å². The van der Waals surface area contributed by atoms with Gasteiger partial charge < -0.3 is 0 Å². The van der Waals surface area contributed by atoms with Crippen LogP contribution in [0.4, 0.5) is 0 Å². The zero-order chi connectivity index (χ0) is 19.1. The fourth-order valence-electron chi connectivity index (χ4n) is 3.75. The summed E-state index contributed by atoms with van der Waals surface area (Å²) in [5.74, 6) is 0.847. The van der Waals surface area contributed by atoms with E-state index in [0.717, 1.165) is 28.1 Å². The maximum atomic E-state index is 4.46. The number of hydrogen-bond donors (Lipinski definition) is 0. The summed E-state index contributed by atoms with van der Waals surface area (Å²) in [6, 6.07) is 28.2. The molecule has 4 radical (unpaired) electrons. The molecule has 1 aromatic heterocycles. The second-order valence-corrected chi connectivity index (χ2v) is 6.97. The smallest absolute Gasteiger partial charge is 0.255 e. The summed E-state index contributed by atoms with van der Waals surface area (Å²) in [5, 5.41) is 4.91. The Morgan fingerprint density at radius 3 is 2.53 bits per heavy atom. The quantitative estimate of drug-likeness (QED) is 0.169. The van der Waals surface area contributed by atoms with E-state index < -0.39 is 0 Å². The van der Waals surface area contributed by atoms with Crippen LogP contribution in [0.1, 0.15) is 5.56 Å². The third-order valence-corrected chi connectivity index (χ3v) is 5.19. The average molecular weight is 460 g/mol. The minimum absolute atomic E-state index is 0. The summed E-state index contributed by atoms with van der Waals surface area (Å²) in [6.45, 7) is 2.08. The standard InChI is InChI=1S/C25H18N3.B.Y/c1-17-10-11-19(14-24(17)25-27-15-26-16-28(25)2)21-8-5-9-22-20-7-4-3-6-18(20)12-13-23(21)22;;/h3-7,9-13,15-16H,1-2H3;;/q-1;;. The first kappa shape index (κ1) is 22.3. The van der Waals surface area contributed by atoms with Gasteiger partial charge in [-0.3, -0.25) is 4.57 Å². The summed E-state index contributed by atoms with van der Waals surface area (Å²) >= 11 is 0. The molecule has 5 aromatic rings. The molecule has 1 heterocycles. The van der Waals surface area contributed by atoms with E-state index in [1.807, 2.05) is 17.7 Å². The predicted molar refractivity (Wildman–Crippen MR) is 117 cm³/mol. The number of aryl methyl sites for hydroxylation is 2. The topological polar surface area (TPSA) is 29.7 Å². The SMILES string of the molecule is Cc1ccc(-c2[c-]ccc3c2ccc2ccccc23)[c-]c1-c1ncnc[n+]1C.[B].[Y]. The molecule has 0 amide bonds. The molecule has 140 valence electrons. The normalized spacial score (nSPS) is 10.5. The molecular formula is C25H18BN3Y-. The maximum absolute atomic E-state index is 4.46. The fourth-order valence-corrected chi connectivity index (χ4v) is 3.75. The van der Waals surface area contributed by atoms with E-state index in [1.54, 1.807) is 12.7 Å². The van der Waals surface area contributed by atoms with Crippen LogP contribution < -0.4 is 4.57 Å². The molecule has 4 aromatic carbocycles. The number of benzene rings is 4. The van der Waals surface area contributed by atoms with E-state index in [-0.39, 0.29) is 41.1 Å². The molecule has 0 aliphatic heterocycles. The van der Waals surface area contributed by atoms with Gasteiger partial charge in [0.05, 0.1) is 7.05 Å². The Labute approximate surface area is 203 Å². The van der Waals surface area contributed by atoms with Crippen LogP contribution in [0.2, 0.25) is 0 Å². The zero-order valence-corrected chi connectivity index (χ0v) is 19.8. The number of fused-ring (bicyclic) bond motifs is 3. The van der Waals surface area contributed by atoms with Gasteiger partial charge in [-0.15, -0.1) is 39.5 Å². The number of nitrogens with zero attached hydrogens (tertiary/aromatic N) is 3. The van der Waals surface area contributed by atoms with E-state index in [2.05, 4.69) is 83.6 Å². The Hall–Kier alpha value is -2.42.